The largest absolute Gasteiger partial charge is 0.481 e. The molecule has 1 heterocycles. The molecule has 1 amide bonds. The van der Waals surface area contributed by atoms with Crippen molar-refractivity contribution in [1.29, 1.82) is 5.41 Å². The van der Waals surface area contributed by atoms with Crippen molar-refractivity contribution in [3.8, 4) is 0 Å². The van der Waals surface area contributed by atoms with E-state index in [9.17, 15) is 19.5 Å². The SMILES string of the molecule is CCCCCCCN1CCN([C@@H](CCCNC(=N)N)C(=O)C(C)C)C(=O)[C@@H]1CC(=O)O. The quantitative estimate of drug-likeness (QED) is 0.173. The van der Waals surface area contributed by atoms with E-state index in [4.69, 9.17) is 11.1 Å². The zero-order valence-corrected chi connectivity index (χ0v) is 19.4. The summed E-state index contributed by atoms with van der Waals surface area (Å²) in [5, 5.41) is 19.4. The van der Waals surface area contributed by atoms with Crippen molar-refractivity contribution in [1.82, 2.24) is 15.1 Å². The number of amides is 1. The molecule has 0 aromatic rings. The van der Waals surface area contributed by atoms with Crippen molar-refractivity contribution in [2.75, 3.05) is 26.2 Å². The highest BCUT2D eigenvalue weighted by Crippen LogP contribution is 2.22. The van der Waals surface area contributed by atoms with Crippen molar-refractivity contribution in [2.45, 2.75) is 84.2 Å². The Morgan fingerprint density at radius 3 is 2.45 bits per heavy atom. The molecule has 0 saturated carbocycles. The van der Waals surface area contributed by atoms with Crippen molar-refractivity contribution in [3.63, 3.8) is 0 Å². The Labute approximate surface area is 186 Å². The molecule has 9 heteroatoms. The van der Waals surface area contributed by atoms with Crippen LogP contribution in [-0.2, 0) is 14.4 Å². The van der Waals surface area contributed by atoms with E-state index < -0.39 is 18.1 Å². The van der Waals surface area contributed by atoms with Crippen LogP contribution in [0.25, 0.3) is 0 Å². The number of nitrogens with one attached hydrogen (secondary N) is 2. The lowest BCUT2D eigenvalue weighted by Gasteiger charge is -2.43. The summed E-state index contributed by atoms with van der Waals surface area (Å²) in [7, 11) is 0. The first kappa shape index (κ1) is 26.9. The normalized spacial score (nSPS) is 18.3. The number of unbranched alkanes of at least 4 members (excludes halogenated alkanes) is 4. The number of rotatable bonds is 15. The number of Topliss-reactive ketones (excluding diaryl/α,β-unsaturated/α-hetero) is 1. The molecule has 1 fully saturated rings. The van der Waals surface area contributed by atoms with E-state index in [1.54, 1.807) is 4.90 Å². The summed E-state index contributed by atoms with van der Waals surface area (Å²) in [5.41, 5.74) is 5.31. The van der Waals surface area contributed by atoms with Gasteiger partial charge in [0.25, 0.3) is 0 Å². The third kappa shape index (κ3) is 9.25. The number of carboxylic acids is 1. The molecule has 0 aromatic heterocycles. The highest BCUT2D eigenvalue weighted by atomic mass is 16.4. The molecule has 178 valence electrons. The Morgan fingerprint density at radius 2 is 1.87 bits per heavy atom. The fourth-order valence-electron chi connectivity index (χ4n) is 4.08. The van der Waals surface area contributed by atoms with Crippen LogP contribution in [0.2, 0.25) is 0 Å². The van der Waals surface area contributed by atoms with Crippen molar-refractivity contribution < 1.29 is 19.5 Å². The first-order valence-corrected chi connectivity index (χ1v) is 11.6. The number of carbonyl (C=O) groups is 3. The van der Waals surface area contributed by atoms with Crippen LogP contribution in [0.3, 0.4) is 0 Å². The molecular weight excluding hydrogens is 398 g/mol. The summed E-state index contributed by atoms with van der Waals surface area (Å²) in [6.07, 6.45) is 6.28. The maximum atomic E-state index is 13.3. The van der Waals surface area contributed by atoms with Gasteiger partial charge in [-0.3, -0.25) is 24.7 Å². The fraction of sp³-hybridized carbons (Fsp3) is 0.818. The minimum Gasteiger partial charge on any atom is -0.481 e. The van der Waals surface area contributed by atoms with Gasteiger partial charge in [-0.2, -0.15) is 0 Å². The molecule has 0 spiro atoms. The van der Waals surface area contributed by atoms with Crippen LogP contribution < -0.4 is 11.1 Å². The summed E-state index contributed by atoms with van der Waals surface area (Å²) in [6.45, 7) is 7.93. The first-order chi connectivity index (χ1) is 14.7. The van der Waals surface area contributed by atoms with Gasteiger partial charge < -0.3 is 21.1 Å². The molecule has 0 aromatic carbocycles. The predicted molar refractivity (Wildman–Crippen MR) is 121 cm³/mol. The lowest BCUT2D eigenvalue weighted by Crippen LogP contribution is -2.62. The van der Waals surface area contributed by atoms with Crippen LogP contribution in [-0.4, -0.2) is 76.8 Å². The Balaban J connectivity index is 2.87. The van der Waals surface area contributed by atoms with E-state index in [0.717, 1.165) is 25.7 Å². The monoisotopic (exact) mass is 439 g/mol. The number of hydrogen-bond donors (Lipinski definition) is 4. The van der Waals surface area contributed by atoms with Crippen LogP contribution >= 0.6 is 0 Å². The van der Waals surface area contributed by atoms with Crippen molar-refractivity contribution >= 4 is 23.6 Å². The zero-order chi connectivity index (χ0) is 23.4. The summed E-state index contributed by atoms with van der Waals surface area (Å²) in [4.78, 5) is 41.2. The standard InChI is InChI=1S/C22H41N5O4/c1-4-5-6-7-8-12-26-13-14-27(21(31)18(26)15-19(28)29)17(20(30)16(2)3)10-9-11-25-22(23)24/h16-18H,4-15H2,1-3H3,(H,28,29)(H4,23,24,25)/t17-,18-/m0/s1. The first-order valence-electron chi connectivity index (χ1n) is 11.6. The number of ketones is 1. The van der Waals surface area contributed by atoms with E-state index >= 15 is 0 Å². The maximum absolute atomic E-state index is 13.3. The van der Waals surface area contributed by atoms with E-state index in [1.165, 1.54) is 6.42 Å². The van der Waals surface area contributed by atoms with Gasteiger partial charge in [0.05, 0.1) is 18.5 Å². The van der Waals surface area contributed by atoms with Gasteiger partial charge in [-0.05, 0) is 25.8 Å². The number of piperazine rings is 1. The van der Waals surface area contributed by atoms with Gasteiger partial charge in [0.15, 0.2) is 11.7 Å². The third-order valence-electron chi connectivity index (χ3n) is 5.80. The lowest BCUT2D eigenvalue weighted by molar-refractivity contribution is -0.154. The topological polar surface area (TPSA) is 140 Å². The Hall–Kier alpha value is -2.16. The van der Waals surface area contributed by atoms with Crippen molar-refractivity contribution in [2.24, 2.45) is 11.7 Å². The molecule has 1 aliphatic heterocycles. The second-order valence-electron chi connectivity index (χ2n) is 8.65. The molecule has 1 aliphatic rings. The Kier molecular flexibility index (Phi) is 12.1. The second kappa shape index (κ2) is 14.0. The molecule has 1 rings (SSSR count). The fourth-order valence-corrected chi connectivity index (χ4v) is 4.08. The minimum atomic E-state index is -1.01. The van der Waals surface area contributed by atoms with E-state index in [2.05, 4.69) is 12.2 Å². The molecule has 0 unspecified atom stereocenters. The molecule has 5 N–H and O–H groups in total. The highest BCUT2D eigenvalue weighted by molar-refractivity contribution is 5.93. The molecular formula is C22H41N5O4. The van der Waals surface area contributed by atoms with Crippen LogP contribution in [0.1, 0.15) is 72.1 Å². The van der Waals surface area contributed by atoms with Crippen LogP contribution in [0.4, 0.5) is 0 Å². The Bertz CT molecular complexity index is 611. The van der Waals surface area contributed by atoms with Gasteiger partial charge in [-0.15, -0.1) is 0 Å². The molecule has 0 radical (unpaired) electrons. The van der Waals surface area contributed by atoms with E-state index in [0.29, 0.717) is 39.0 Å². The number of guanidine groups is 1. The summed E-state index contributed by atoms with van der Waals surface area (Å²) >= 11 is 0. The number of carboxylic acid groups (broad SMARTS) is 1. The number of hydrogen-bond acceptors (Lipinski definition) is 5. The van der Waals surface area contributed by atoms with E-state index in [1.807, 2.05) is 18.7 Å². The number of carbonyl (C=O) groups excluding carboxylic acids is 2. The summed E-state index contributed by atoms with van der Waals surface area (Å²) < 4.78 is 0. The molecule has 9 nitrogen and oxygen atoms in total. The average Bonchev–Trinajstić information content (AvgIpc) is 2.70. The Morgan fingerprint density at radius 1 is 1.19 bits per heavy atom. The minimum absolute atomic E-state index is 0.0155. The van der Waals surface area contributed by atoms with Crippen LogP contribution in [0.5, 0.6) is 0 Å². The van der Waals surface area contributed by atoms with E-state index in [-0.39, 0.29) is 30.0 Å². The van der Waals surface area contributed by atoms with Gasteiger partial charge >= 0.3 is 5.97 Å². The third-order valence-corrected chi connectivity index (χ3v) is 5.80. The van der Waals surface area contributed by atoms with Gasteiger partial charge in [0, 0.05) is 25.6 Å². The summed E-state index contributed by atoms with van der Waals surface area (Å²) in [6, 6.07) is -1.31. The lowest BCUT2D eigenvalue weighted by atomic mass is 9.94. The highest BCUT2D eigenvalue weighted by Gasteiger charge is 2.40. The number of aliphatic carboxylic acids is 1. The zero-order valence-electron chi connectivity index (χ0n) is 19.4. The summed E-state index contributed by atoms with van der Waals surface area (Å²) in [5.74, 6) is -1.64. The predicted octanol–water partition coefficient (Wildman–Crippen LogP) is 1.80. The van der Waals surface area contributed by atoms with Gasteiger partial charge in [-0.1, -0.05) is 46.5 Å². The molecule has 0 aliphatic carbocycles. The smallest absolute Gasteiger partial charge is 0.305 e. The van der Waals surface area contributed by atoms with Gasteiger partial charge in [-0.25, -0.2) is 0 Å². The molecule has 0 bridgehead atoms. The molecule has 2 atom stereocenters. The van der Waals surface area contributed by atoms with Crippen LogP contribution in [0, 0.1) is 11.3 Å². The second-order valence-corrected chi connectivity index (χ2v) is 8.65. The van der Waals surface area contributed by atoms with Crippen LogP contribution in [0.15, 0.2) is 0 Å². The molecule has 1 saturated heterocycles. The maximum Gasteiger partial charge on any atom is 0.305 e. The van der Waals surface area contributed by atoms with Gasteiger partial charge in [0.1, 0.15) is 0 Å². The molecule has 31 heavy (non-hydrogen) atoms. The number of nitrogens with zero attached hydrogens (tertiary/aromatic N) is 2. The van der Waals surface area contributed by atoms with Crippen molar-refractivity contribution in [3.05, 3.63) is 0 Å². The number of nitrogens with two attached hydrogens (primary N) is 1. The van der Waals surface area contributed by atoms with Gasteiger partial charge in [0.2, 0.25) is 5.91 Å². The average molecular weight is 440 g/mol.